The van der Waals surface area contributed by atoms with Crippen molar-refractivity contribution in [3.05, 3.63) is 91.4 Å². The van der Waals surface area contributed by atoms with Crippen molar-refractivity contribution in [2.45, 2.75) is 4.75 Å². The first-order chi connectivity index (χ1) is 13.5. The lowest BCUT2D eigenvalue weighted by molar-refractivity contribution is 0.402. The summed E-state index contributed by atoms with van der Waals surface area (Å²) in [5.41, 5.74) is -0.444. The third-order valence-electron chi connectivity index (χ3n) is 4.39. The topological polar surface area (TPSA) is 94.8 Å². The summed E-state index contributed by atoms with van der Waals surface area (Å²) < 4.78 is 34.1. The Kier molecular flexibility index (Phi) is 5.98. The van der Waals surface area contributed by atoms with Gasteiger partial charge in [0, 0.05) is 37.8 Å². The van der Waals surface area contributed by atoms with Crippen molar-refractivity contribution in [3.63, 3.8) is 0 Å². The van der Waals surface area contributed by atoms with Crippen molar-refractivity contribution in [1.82, 2.24) is 0 Å². The lowest BCUT2D eigenvalue weighted by Crippen LogP contribution is -2.39. The third-order valence-corrected chi connectivity index (χ3v) is 7.02. The van der Waals surface area contributed by atoms with E-state index in [0.29, 0.717) is 0 Å². The molecular weight excluding hydrogens is 482 g/mol. The van der Waals surface area contributed by atoms with E-state index in [-0.39, 0.29) is 36.8 Å². The van der Waals surface area contributed by atoms with E-state index >= 15 is 0 Å². The second-order valence-electron chi connectivity index (χ2n) is 6.08. The summed E-state index contributed by atoms with van der Waals surface area (Å²) in [4.78, 5) is 0. The first-order valence-electron chi connectivity index (χ1n) is 7.89. The number of aromatic hydroxyl groups is 2. The van der Waals surface area contributed by atoms with Crippen molar-refractivity contribution in [2.24, 2.45) is 0 Å². The average molecular weight is 494 g/mol. The highest BCUT2D eigenvalue weighted by molar-refractivity contribution is 7.87. The van der Waals surface area contributed by atoms with Crippen LogP contribution < -0.4 is 0 Å². The first-order valence-corrected chi connectivity index (χ1v) is 10.8. The molecule has 0 spiro atoms. The maximum atomic E-state index is 13.0. The first kappa shape index (κ1) is 22.0. The number of hydrogen-bond donors (Lipinski definition) is 3. The minimum absolute atomic E-state index is 0.0141. The molecule has 10 heteroatoms. The molecule has 0 bridgehead atoms. The quantitative estimate of drug-likeness (QED) is 0.239. The lowest BCUT2D eigenvalue weighted by atomic mass is 9.83. The summed E-state index contributed by atoms with van der Waals surface area (Å²) in [5.74, 6) is -1.24. The lowest BCUT2D eigenvalue weighted by Gasteiger charge is -2.34. The maximum absolute atomic E-state index is 13.0. The summed E-state index contributed by atoms with van der Waals surface area (Å²) >= 11 is 24.9. The Labute approximate surface area is 186 Å². The molecule has 3 aromatic carbocycles. The number of benzene rings is 3. The smallest absolute Gasteiger partial charge is 0.283 e. The van der Waals surface area contributed by atoms with Gasteiger partial charge in [-0.2, -0.15) is 8.42 Å². The Morgan fingerprint density at radius 1 is 0.690 bits per heavy atom. The molecule has 1 unspecified atom stereocenters. The monoisotopic (exact) mass is 492 g/mol. The zero-order valence-electron chi connectivity index (χ0n) is 14.3. The van der Waals surface area contributed by atoms with Crippen molar-refractivity contribution in [3.8, 4) is 11.5 Å². The highest BCUT2D eigenvalue weighted by Gasteiger charge is 2.52. The molecule has 0 saturated heterocycles. The van der Waals surface area contributed by atoms with E-state index in [2.05, 4.69) is 0 Å². The largest absolute Gasteiger partial charge is 0.504 e. The van der Waals surface area contributed by atoms with Gasteiger partial charge in [-0.3, -0.25) is 4.55 Å². The molecule has 1 atom stereocenters. The SMILES string of the molecule is O=S(=O)(O)C(c1ccccc1Cl)(c1ccc(Cl)cc1Cl)c1cc(O)c(O)cc1Cl. The molecular formula is C19H12Cl4O5S. The molecule has 5 nitrogen and oxygen atoms in total. The molecule has 0 fully saturated rings. The highest BCUT2D eigenvalue weighted by Crippen LogP contribution is 2.52. The fourth-order valence-corrected chi connectivity index (χ4v) is 5.85. The molecule has 0 radical (unpaired) electrons. The molecule has 3 N–H and O–H groups in total. The van der Waals surface area contributed by atoms with Crippen LogP contribution in [0.15, 0.2) is 54.6 Å². The molecule has 0 aliphatic rings. The number of hydrogen-bond acceptors (Lipinski definition) is 4. The summed E-state index contributed by atoms with van der Waals surface area (Å²) in [7, 11) is -5.08. The van der Waals surface area contributed by atoms with Crippen molar-refractivity contribution < 1.29 is 23.2 Å². The fourth-order valence-electron chi connectivity index (χ4n) is 3.19. The molecule has 0 aliphatic heterocycles. The van der Waals surface area contributed by atoms with Gasteiger partial charge in [0.25, 0.3) is 10.1 Å². The van der Waals surface area contributed by atoms with Crippen molar-refractivity contribution in [2.75, 3.05) is 0 Å². The second kappa shape index (κ2) is 7.87. The van der Waals surface area contributed by atoms with E-state index in [0.717, 1.165) is 12.1 Å². The zero-order valence-corrected chi connectivity index (χ0v) is 18.1. The highest BCUT2D eigenvalue weighted by atomic mass is 35.5. The summed E-state index contributed by atoms with van der Waals surface area (Å²) in [5, 5.41) is 19.7. The predicted octanol–water partition coefficient (Wildman–Crippen LogP) is 5.89. The summed E-state index contributed by atoms with van der Waals surface area (Å²) in [6.07, 6.45) is 0. The van der Waals surface area contributed by atoms with Crippen LogP contribution in [-0.2, 0) is 14.9 Å². The number of halogens is 4. The summed E-state index contributed by atoms with van der Waals surface area (Å²) in [6.45, 7) is 0. The van der Waals surface area contributed by atoms with Crippen LogP contribution in [-0.4, -0.2) is 23.2 Å². The van der Waals surface area contributed by atoms with Crippen LogP contribution >= 0.6 is 46.4 Å². The van der Waals surface area contributed by atoms with Gasteiger partial charge in [-0.1, -0.05) is 70.7 Å². The average Bonchev–Trinajstić information content (AvgIpc) is 2.61. The Morgan fingerprint density at radius 2 is 1.24 bits per heavy atom. The minimum atomic E-state index is -5.08. The molecule has 0 heterocycles. The molecule has 0 aliphatic carbocycles. The number of rotatable bonds is 4. The second-order valence-corrected chi connectivity index (χ2v) is 9.30. The minimum Gasteiger partial charge on any atom is -0.504 e. The Bertz CT molecular complexity index is 1210. The van der Waals surface area contributed by atoms with Gasteiger partial charge in [0.15, 0.2) is 16.2 Å². The Hall–Kier alpha value is -1.67. The van der Waals surface area contributed by atoms with Crippen molar-refractivity contribution in [1.29, 1.82) is 0 Å². The van der Waals surface area contributed by atoms with Gasteiger partial charge in [0.05, 0.1) is 5.02 Å². The van der Waals surface area contributed by atoms with E-state index < -0.39 is 26.4 Å². The van der Waals surface area contributed by atoms with Gasteiger partial charge in [-0.05, 0) is 24.3 Å². The fraction of sp³-hybridized carbons (Fsp3) is 0.0526. The van der Waals surface area contributed by atoms with Crippen LogP contribution in [0, 0.1) is 0 Å². The van der Waals surface area contributed by atoms with Crippen LogP contribution in [0.3, 0.4) is 0 Å². The van der Waals surface area contributed by atoms with Gasteiger partial charge < -0.3 is 10.2 Å². The zero-order chi connectivity index (χ0) is 21.6. The van der Waals surface area contributed by atoms with E-state index in [1.807, 2.05) is 0 Å². The van der Waals surface area contributed by atoms with Crippen LogP contribution in [0.2, 0.25) is 20.1 Å². The van der Waals surface area contributed by atoms with Gasteiger partial charge in [-0.15, -0.1) is 0 Å². The molecule has 3 aromatic rings. The van der Waals surface area contributed by atoms with Crippen LogP contribution in [0.1, 0.15) is 16.7 Å². The van der Waals surface area contributed by atoms with E-state index in [4.69, 9.17) is 46.4 Å². The molecule has 0 saturated carbocycles. The summed E-state index contributed by atoms with van der Waals surface area (Å²) in [6, 6.07) is 11.8. The van der Waals surface area contributed by atoms with Crippen LogP contribution in [0.25, 0.3) is 0 Å². The van der Waals surface area contributed by atoms with Crippen LogP contribution in [0.4, 0.5) is 0 Å². The van der Waals surface area contributed by atoms with Crippen molar-refractivity contribution >= 4 is 56.5 Å². The third kappa shape index (κ3) is 3.65. The maximum Gasteiger partial charge on any atom is 0.283 e. The molecule has 0 amide bonds. The van der Waals surface area contributed by atoms with E-state index in [9.17, 15) is 23.2 Å². The molecule has 29 heavy (non-hydrogen) atoms. The van der Waals surface area contributed by atoms with Gasteiger partial charge in [0.1, 0.15) is 0 Å². The normalized spacial score (nSPS) is 13.8. The molecule has 0 aromatic heterocycles. The van der Waals surface area contributed by atoms with Gasteiger partial charge >= 0.3 is 0 Å². The van der Waals surface area contributed by atoms with E-state index in [1.54, 1.807) is 6.07 Å². The molecule has 3 rings (SSSR count). The standard InChI is InChI=1S/C19H12Cl4O5S/c20-10-5-6-12(15(22)7-10)19(29(26,27)28,11-3-1-2-4-14(11)21)13-8-17(24)18(25)9-16(13)23/h1-9,24-25H,(H,26,27,28). The number of phenols is 2. The van der Waals surface area contributed by atoms with Gasteiger partial charge in [0.2, 0.25) is 0 Å². The predicted molar refractivity (Wildman–Crippen MR) is 114 cm³/mol. The van der Waals surface area contributed by atoms with Gasteiger partial charge in [-0.25, -0.2) is 0 Å². The Morgan fingerprint density at radius 3 is 1.83 bits per heavy atom. The number of phenolic OH excluding ortho intramolecular Hbond substituents is 2. The van der Waals surface area contributed by atoms with Crippen LogP contribution in [0.5, 0.6) is 11.5 Å². The Balaban J connectivity index is 2.63. The van der Waals surface area contributed by atoms with E-state index in [1.165, 1.54) is 36.4 Å². The molecule has 152 valence electrons.